The van der Waals surface area contributed by atoms with Crippen molar-refractivity contribution in [3.05, 3.63) is 24.2 Å². The van der Waals surface area contributed by atoms with Crippen LogP contribution in [0.2, 0.25) is 0 Å². The quantitative estimate of drug-likeness (QED) is 0.833. The van der Waals surface area contributed by atoms with Gasteiger partial charge in [-0.25, -0.2) is 0 Å². The fraction of sp³-hybridized carbons (Fsp3) is 0.600. The minimum atomic E-state index is -0.101. The Labute approximate surface area is 123 Å². The molecule has 1 aromatic rings. The van der Waals surface area contributed by atoms with Crippen LogP contribution in [0.5, 0.6) is 0 Å². The minimum absolute atomic E-state index is 0.101. The van der Waals surface area contributed by atoms with Gasteiger partial charge in [-0.15, -0.1) is 0 Å². The lowest BCUT2D eigenvalue weighted by Gasteiger charge is -2.34. The highest BCUT2D eigenvalue weighted by molar-refractivity contribution is 5.91. The standard InChI is InChI=1S/C15H20N2O4/c18-14(10-12-3-9-20-11-12)16-4-6-17(7-5-16)15(19)13-2-1-8-21-13/h1-2,8,12H,3-7,9-11H2/t12-/m0/s1. The normalized spacial score (nSPS) is 22.6. The van der Waals surface area contributed by atoms with E-state index in [4.69, 9.17) is 9.15 Å². The van der Waals surface area contributed by atoms with Crippen LogP contribution in [0.25, 0.3) is 0 Å². The van der Waals surface area contributed by atoms with E-state index < -0.39 is 0 Å². The molecule has 2 amide bonds. The van der Waals surface area contributed by atoms with E-state index in [-0.39, 0.29) is 11.8 Å². The number of piperazine rings is 1. The maximum atomic E-state index is 12.2. The summed E-state index contributed by atoms with van der Waals surface area (Å²) >= 11 is 0. The lowest BCUT2D eigenvalue weighted by atomic mass is 10.0. The van der Waals surface area contributed by atoms with E-state index in [1.54, 1.807) is 17.0 Å². The number of rotatable bonds is 3. The van der Waals surface area contributed by atoms with Gasteiger partial charge in [0.2, 0.25) is 5.91 Å². The van der Waals surface area contributed by atoms with Gasteiger partial charge in [-0.05, 0) is 24.5 Å². The summed E-state index contributed by atoms with van der Waals surface area (Å²) in [5, 5.41) is 0. The fourth-order valence-electron chi connectivity index (χ4n) is 2.84. The topological polar surface area (TPSA) is 63.0 Å². The van der Waals surface area contributed by atoms with Crippen LogP contribution in [0.3, 0.4) is 0 Å². The average Bonchev–Trinajstić information content (AvgIpc) is 3.20. The summed E-state index contributed by atoms with van der Waals surface area (Å²) in [5.74, 6) is 0.796. The fourth-order valence-corrected chi connectivity index (χ4v) is 2.84. The SMILES string of the molecule is O=C(C[C@@H]1CCOC1)N1CCN(C(=O)c2ccco2)CC1. The molecule has 2 aliphatic heterocycles. The molecule has 0 saturated carbocycles. The van der Waals surface area contributed by atoms with Crippen molar-refractivity contribution in [2.75, 3.05) is 39.4 Å². The lowest BCUT2D eigenvalue weighted by Crippen LogP contribution is -2.50. The Morgan fingerprint density at radius 3 is 2.57 bits per heavy atom. The van der Waals surface area contributed by atoms with E-state index in [1.807, 2.05) is 4.90 Å². The molecule has 2 saturated heterocycles. The largest absolute Gasteiger partial charge is 0.459 e. The number of amides is 2. The highest BCUT2D eigenvalue weighted by Gasteiger charge is 2.28. The molecular formula is C15H20N2O4. The molecule has 6 nitrogen and oxygen atoms in total. The van der Waals surface area contributed by atoms with Gasteiger partial charge in [0.1, 0.15) is 0 Å². The van der Waals surface area contributed by atoms with Crippen LogP contribution in [0.4, 0.5) is 0 Å². The predicted octanol–water partition coefficient (Wildman–Crippen LogP) is 0.991. The molecule has 0 aliphatic carbocycles. The maximum Gasteiger partial charge on any atom is 0.289 e. The van der Waals surface area contributed by atoms with Crippen LogP contribution in [0.1, 0.15) is 23.4 Å². The first kappa shape index (κ1) is 14.1. The molecule has 3 heterocycles. The molecular weight excluding hydrogens is 272 g/mol. The van der Waals surface area contributed by atoms with E-state index in [0.717, 1.165) is 13.0 Å². The minimum Gasteiger partial charge on any atom is -0.459 e. The Morgan fingerprint density at radius 1 is 1.19 bits per heavy atom. The molecule has 6 heteroatoms. The van der Waals surface area contributed by atoms with Gasteiger partial charge in [0, 0.05) is 45.8 Å². The van der Waals surface area contributed by atoms with Crippen molar-refractivity contribution in [2.45, 2.75) is 12.8 Å². The Morgan fingerprint density at radius 2 is 1.95 bits per heavy atom. The molecule has 114 valence electrons. The summed E-state index contributed by atoms with van der Waals surface area (Å²) in [5.41, 5.74) is 0. The Kier molecular flexibility index (Phi) is 4.24. The van der Waals surface area contributed by atoms with Crippen molar-refractivity contribution < 1.29 is 18.7 Å². The number of carbonyl (C=O) groups excluding carboxylic acids is 2. The summed E-state index contributed by atoms with van der Waals surface area (Å²) in [6, 6.07) is 3.37. The molecule has 0 aromatic carbocycles. The second-order valence-electron chi connectivity index (χ2n) is 5.58. The van der Waals surface area contributed by atoms with Gasteiger partial charge in [-0.1, -0.05) is 0 Å². The Hall–Kier alpha value is -1.82. The van der Waals surface area contributed by atoms with Gasteiger partial charge >= 0.3 is 0 Å². The number of hydrogen-bond donors (Lipinski definition) is 0. The van der Waals surface area contributed by atoms with Crippen LogP contribution in [-0.4, -0.2) is 61.0 Å². The van der Waals surface area contributed by atoms with E-state index >= 15 is 0 Å². The molecule has 0 N–H and O–H groups in total. The maximum absolute atomic E-state index is 12.2. The van der Waals surface area contributed by atoms with Crippen LogP contribution in [-0.2, 0) is 9.53 Å². The molecule has 2 fully saturated rings. The van der Waals surface area contributed by atoms with Crippen LogP contribution in [0.15, 0.2) is 22.8 Å². The van der Waals surface area contributed by atoms with E-state index in [9.17, 15) is 9.59 Å². The first-order chi connectivity index (χ1) is 10.2. The highest BCUT2D eigenvalue weighted by atomic mass is 16.5. The van der Waals surface area contributed by atoms with Crippen LogP contribution < -0.4 is 0 Å². The number of hydrogen-bond acceptors (Lipinski definition) is 4. The predicted molar refractivity (Wildman–Crippen MR) is 74.7 cm³/mol. The number of furan rings is 1. The number of ether oxygens (including phenoxy) is 1. The molecule has 0 spiro atoms. The second-order valence-corrected chi connectivity index (χ2v) is 5.58. The van der Waals surface area contributed by atoms with Crippen molar-refractivity contribution in [3.8, 4) is 0 Å². The van der Waals surface area contributed by atoms with Crippen molar-refractivity contribution in [3.63, 3.8) is 0 Å². The third-order valence-electron chi connectivity index (χ3n) is 4.14. The molecule has 3 rings (SSSR count). The highest BCUT2D eigenvalue weighted by Crippen LogP contribution is 2.18. The Bertz CT molecular complexity index is 486. The summed E-state index contributed by atoms with van der Waals surface area (Å²) < 4.78 is 10.4. The van der Waals surface area contributed by atoms with Crippen molar-refractivity contribution in [1.29, 1.82) is 0 Å². The third kappa shape index (κ3) is 3.26. The molecule has 1 aromatic heterocycles. The molecule has 0 bridgehead atoms. The van der Waals surface area contributed by atoms with Crippen molar-refractivity contribution in [1.82, 2.24) is 9.80 Å². The van der Waals surface area contributed by atoms with Gasteiger partial charge in [-0.3, -0.25) is 9.59 Å². The van der Waals surface area contributed by atoms with Gasteiger partial charge in [-0.2, -0.15) is 0 Å². The number of carbonyl (C=O) groups is 2. The molecule has 1 atom stereocenters. The van der Waals surface area contributed by atoms with Crippen LogP contribution >= 0.6 is 0 Å². The second kappa shape index (κ2) is 6.30. The van der Waals surface area contributed by atoms with Crippen molar-refractivity contribution in [2.24, 2.45) is 5.92 Å². The van der Waals surface area contributed by atoms with E-state index in [0.29, 0.717) is 50.9 Å². The zero-order valence-corrected chi connectivity index (χ0v) is 12.0. The number of nitrogens with zero attached hydrogens (tertiary/aromatic N) is 2. The zero-order chi connectivity index (χ0) is 14.7. The monoisotopic (exact) mass is 292 g/mol. The average molecular weight is 292 g/mol. The first-order valence-corrected chi connectivity index (χ1v) is 7.42. The zero-order valence-electron chi connectivity index (χ0n) is 12.0. The van der Waals surface area contributed by atoms with Crippen molar-refractivity contribution >= 4 is 11.8 Å². The summed E-state index contributed by atoms with van der Waals surface area (Å²) in [4.78, 5) is 27.9. The van der Waals surface area contributed by atoms with E-state index in [2.05, 4.69) is 0 Å². The van der Waals surface area contributed by atoms with Gasteiger partial charge < -0.3 is 19.0 Å². The van der Waals surface area contributed by atoms with Gasteiger partial charge in [0.25, 0.3) is 5.91 Å². The smallest absolute Gasteiger partial charge is 0.289 e. The lowest BCUT2D eigenvalue weighted by molar-refractivity contribution is -0.133. The van der Waals surface area contributed by atoms with E-state index in [1.165, 1.54) is 6.26 Å². The van der Waals surface area contributed by atoms with Gasteiger partial charge in [0.15, 0.2) is 5.76 Å². The Balaban J connectivity index is 1.48. The molecule has 21 heavy (non-hydrogen) atoms. The summed E-state index contributed by atoms with van der Waals surface area (Å²) in [6.45, 7) is 3.78. The summed E-state index contributed by atoms with van der Waals surface area (Å²) in [7, 11) is 0. The molecule has 2 aliphatic rings. The first-order valence-electron chi connectivity index (χ1n) is 7.42. The third-order valence-corrected chi connectivity index (χ3v) is 4.14. The molecule has 0 radical (unpaired) electrons. The molecule has 0 unspecified atom stereocenters. The van der Waals surface area contributed by atoms with Crippen LogP contribution in [0, 0.1) is 5.92 Å². The van der Waals surface area contributed by atoms with Gasteiger partial charge in [0.05, 0.1) is 6.26 Å². The summed E-state index contributed by atoms with van der Waals surface area (Å²) in [6.07, 6.45) is 3.03.